The summed E-state index contributed by atoms with van der Waals surface area (Å²) in [5.74, 6) is -1.46. The van der Waals surface area contributed by atoms with Gasteiger partial charge in [-0.2, -0.15) is 0 Å². The maximum Gasteiger partial charge on any atom is 0.303 e. The summed E-state index contributed by atoms with van der Waals surface area (Å²) >= 11 is 0. The fourth-order valence-corrected chi connectivity index (χ4v) is 1.62. The molecule has 0 aromatic heterocycles. The fraction of sp³-hybridized carbons (Fsp3) is 0.750. The lowest BCUT2D eigenvalue weighted by Gasteiger charge is -2.34. The first kappa shape index (κ1) is 9.03. The maximum atomic E-state index is 10.3. The van der Waals surface area contributed by atoms with Gasteiger partial charge in [0.1, 0.15) is 0 Å². The maximum absolute atomic E-state index is 10.3. The van der Waals surface area contributed by atoms with Crippen molar-refractivity contribution in [2.75, 3.05) is 0 Å². The summed E-state index contributed by atoms with van der Waals surface area (Å²) in [4.78, 5) is 20.6. The van der Waals surface area contributed by atoms with Crippen molar-refractivity contribution in [2.45, 2.75) is 25.7 Å². The molecule has 1 fully saturated rings. The van der Waals surface area contributed by atoms with Crippen molar-refractivity contribution in [3.05, 3.63) is 0 Å². The van der Waals surface area contributed by atoms with Gasteiger partial charge in [0.15, 0.2) is 0 Å². The fourth-order valence-electron chi connectivity index (χ4n) is 1.62. The average Bonchev–Trinajstić information content (AvgIpc) is 1.93. The lowest BCUT2D eigenvalue weighted by Crippen LogP contribution is -2.29. The molecular weight excluding hydrogens is 160 g/mol. The Hall–Kier alpha value is -1.06. The molecule has 4 heteroatoms. The molecule has 0 bridgehead atoms. The molecule has 1 saturated carbocycles. The van der Waals surface area contributed by atoms with Crippen LogP contribution in [0.3, 0.4) is 0 Å². The molecule has 0 aliphatic heterocycles. The lowest BCUT2D eigenvalue weighted by molar-refractivity contribution is -0.143. The van der Waals surface area contributed by atoms with E-state index in [1.165, 1.54) is 0 Å². The minimum absolute atomic E-state index is 0.0959. The van der Waals surface area contributed by atoms with Crippen molar-refractivity contribution in [1.29, 1.82) is 0 Å². The van der Waals surface area contributed by atoms with E-state index in [0.29, 0.717) is 0 Å². The van der Waals surface area contributed by atoms with E-state index in [2.05, 4.69) is 0 Å². The molecule has 0 aromatic carbocycles. The van der Waals surface area contributed by atoms with Crippen molar-refractivity contribution in [3.8, 4) is 0 Å². The summed E-state index contributed by atoms with van der Waals surface area (Å²) in [7, 11) is 0. The summed E-state index contributed by atoms with van der Waals surface area (Å²) in [6.07, 6.45) is 1.98. The van der Waals surface area contributed by atoms with Crippen LogP contribution in [0.1, 0.15) is 25.7 Å². The number of rotatable bonds is 4. The second kappa shape index (κ2) is 3.56. The number of carboxylic acids is 2. The van der Waals surface area contributed by atoms with Gasteiger partial charge in [0.25, 0.3) is 0 Å². The Kier molecular flexibility index (Phi) is 2.68. The van der Waals surface area contributed by atoms with Crippen LogP contribution in [0.4, 0.5) is 0 Å². The van der Waals surface area contributed by atoms with Gasteiger partial charge in [0.05, 0.1) is 0 Å². The summed E-state index contributed by atoms with van der Waals surface area (Å²) < 4.78 is 0. The Balaban J connectivity index is 2.29. The van der Waals surface area contributed by atoms with Crippen molar-refractivity contribution >= 4 is 11.9 Å². The van der Waals surface area contributed by atoms with Crippen LogP contribution >= 0.6 is 0 Å². The number of hydrogen-bond donors (Lipinski definition) is 2. The van der Waals surface area contributed by atoms with Gasteiger partial charge < -0.3 is 10.2 Å². The van der Waals surface area contributed by atoms with Gasteiger partial charge in [-0.15, -0.1) is 0 Å². The van der Waals surface area contributed by atoms with Crippen LogP contribution in [0.5, 0.6) is 0 Å². The first-order valence-corrected chi connectivity index (χ1v) is 4.03. The molecule has 0 heterocycles. The summed E-state index contributed by atoms with van der Waals surface area (Å²) in [6.45, 7) is 0. The average molecular weight is 172 g/mol. The lowest BCUT2D eigenvalue weighted by atomic mass is 9.70. The third kappa shape index (κ3) is 2.22. The van der Waals surface area contributed by atoms with E-state index in [4.69, 9.17) is 10.2 Å². The molecule has 2 atom stereocenters. The Morgan fingerprint density at radius 2 is 1.33 bits per heavy atom. The number of carboxylic acid groups (broad SMARTS) is 2. The Labute approximate surface area is 70.2 Å². The monoisotopic (exact) mass is 172 g/mol. The Bertz CT molecular complexity index is 177. The second-order valence-corrected chi connectivity index (χ2v) is 3.29. The van der Waals surface area contributed by atoms with Crippen LogP contribution in [0, 0.1) is 11.8 Å². The minimum Gasteiger partial charge on any atom is -0.481 e. The van der Waals surface area contributed by atoms with Gasteiger partial charge in [-0.3, -0.25) is 9.59 Å². The highest BCUT2D eigenvalue weighted by molar-refractivity contribution is 5.69. The first-order valence-electron chi connectivity index (χ1n) is 4.03. The molecule has 1 aliphatic carbocycles. The zero-order chi connectivity index (χ0) is 9.14. The van der Waals surface area contributed by atoms with E-state index < -0.39 is 11.9 Å². The van der Waals surface area contributed by atoms with E-state index in [1.807, 2.05) is 0 Å². The number of hydrogen-bond acceptors (Lipinski definition) is 2. The van der Waals surface area contributed by atoms with Crippen LogP contribution in [-0.4, -0.2) is 22.2 Å². The zero-order valence-electron chi connectivity index (χ0n) is 6.69. The Morgan fingerprint density at radius 3 is 1.50 bits per heavy atom. The molecule has 2 N–H and O–H groups in total. The minimum atomic E-state index is -0.824. The van der Waals surface area contributed by atoms with Gasteiger partial charge >= 0.3 is 11.9 Å². The molecule has 12 heavy (non-hydrogen) atoms. The van der Waals surface area contributed by atoms with Crippen LogP contribution in [0.15, 0.2) is 0 Å². The van der Waals surface area contributed by atoms with E-state index in [0.717, 1.165) is 12.8 Å². The molecule has 2 unspecified atom stereocenters. The molecule has 0 spiro atoms. The van der Waals surface area contributed by atoms with Crippen molar-refractivity contribution in [2.24, 2.45) is 11.8 Å². The zero-order valence-corrected chi connectivity index (χ0v) is 6.69. The highest BCUT2D eigenvalue weighted by Gasteiger charge is 2.33. The van der Waals surface area contributed by atoms with Crippen molar-refractivity contribution in [3.63, 3.8) is 0 Å². The number of aliphatic carboxylic acids is 2. The van der Waals surface area contributed by atoms with E-state index in [1.54, 1.807) is 0 Å². The third-order valence-corrected chi connectivity index (χ3v) is 2.45. The van der Waals surface area contributed by atoms with E-state index in [-0.39, 0.29) is 24.7 Å². The quantitative estimate of drug-likeness (QED) is 0.662. The number of carbonyl (C=O) groups is 2. The SMILES string of the molecule is O=C(O)CC1CCC1CC(=O)O. The molecule has 1 rings (SSSR count). The summed E-state index contributed by atoms with van der Waals surface area (Å²) in [6, 6.07) is 0. The largest absolute Gasteiger partial charge is 0.481 e. The summed E-state index contributed by atoms with van der Waals surface area (Å²) in [5.41, 5.74) is 0. The van der Waals surface area contributed by atoms with E-state index in [9.17, 15) is 9.59 Å². The van der Waals surface area contributed by atoms with Crippen LogP contribution in [0.2, 0.25) is 0 Å². The molecule has 0 radical (unpaired) electrons. The highest BCUT2D eigenvalue weighted by atomic mass is 16.4. The van der Waals surface area contributed by atoms with Gasteiger partial charge in [-0.1, -0.05) is 0 Å². The van der Waals surface area contributed by atoms with Crippen molar-refractivity contribution < 1.29 is 19.8 Å². The van der Waals surface area contributed by atoms with Gasteiger partial charge in [-0.25, -0.2) is 0 Å². The molecule has 1 aliphatic rings. The summed E-state index contributed by atoms with van der Waals surface area (Å²) in [5, 5.41) is 16.9. The second-order valence-electron chi connectivity index (χ2n) is 3.29. The molecule has 4 nitrogen and oxygen atoms in total. The standard InChI is InChI=1S/C8H12O4/c9-7(10)3-5-1-2-6(5)4-8(11)12/h5-6H,1-4H2,(H,9,10)(H,11,12). The molecule has 0 saturated heterocycles. The van der Waals surface area contributed by atoms with E-state index >= 15 is 0 Å². The third-order valence-electron chi connectivity index (χ3n) is 2.45. The molecular formula is C8H12O4. The van der Waals surface area contributed by atoms with Gasteiger partial charge in [0.2, 0.25) is 0 Å². The first-order chi connectivity index (χ1) is 5.59. The van der Waals surface area contributed by atoms with Gasteiger partial charge in [-0.05, 0) is 24.7 Å². The highest BCUT2D eigenvalue weighted by Crippen LogP contribution is 2.38. The molecule has 0 amide bonds. The Morgan fingerprint density at radius 1 is 1.00 bits per heavy atom. The molecule has 0 aromatic rings. The van der Waals surface area contributed by atoms with Crippen LogP contribution in [0.25, 0.3) is 0 Å². The van der Waals surface area contributed by atoms with Crippen LogP contribution < -0.4 is 0 Å². The van der Waals surface area contributed by atoms with Crippen LogP contribution in [-0.2, 0) is 9.59 Å². The normalized spacial score (nSPS) is 27.7. The predicted molar refractivity (Wildman–Crippen MR) is 40.7 cm³/mol. The van der Waals surface area contributed by atoms with Crippen molar-refractivity contribution in [1.82, 2.24) is 0 Å². The topological polar surface area (TPSA) is 74.6 Å². The predicted octanol–water partition coefficient (Wildman–Crippen LogP) is 0.962. The molecule has 68 valence electrons. The smallest absolute Gasteiger partial charge is 0.303 e. The van der Waals surface area contributed by atoms with Gasteiger partial charge in [0, 0.05) is 12.8 Å².